The second kappa shape index (κ2) is 10.9. The van der Waals surface area contributed by atoms with Crippen molar-refractivity contribution in [3.05, 3.63) is 59.9 Å². The van der Waals surface area contributed by atoms with E-state index >= 15 is 0 Å². The molecule has 7 nitrogen and oxygen atoms in total. The maximum Gasteiger partial charge on any atom is 0.329 e. The summed E-state index contributed by atoms with van der Waals surface area (Å²) in [5.74, 6) is -3.83. The van der Waals surface area contributed by atoms with Crippen molar-refractivity contribution in [2.24, 2.45) is 5.92 Å². The summed E-state index contributed by atoms with van der Waals surface area (Å²) in [6, 6.07) is 9.94. The van der Waals surface area contributed by atoms with Crippen LogP contribution in [0.1, 0.15) is 24.2 Å². The van der Waals surface area contributed by atoms with Crippen LogP contribution < -0.4 is 10.1 Å². The first-order valence-electron chi connectivity index (χ1n) is 9.44. The molecule has 2 atom stereocenters. The number of methoxy groups -OCH3 is 1. The van der Waals surface area contributed by atoms with E-state index in [9.17, 15) is 18.8 Å². The van der Waals surface area contributed by atoms with Crippen LogP contribution in [-0.4, -0.2) is 44.1 Å². The maximum absolute atomic E-state index is 13.3. The Balaban J connectivity index is 2.44. The number of carbonyl (C=O) groups excluding carboxylic acids is 3. The number of esters is 2. The molecule has 0 heterocycles. The van der Waals surface area contributed by atoms with Gasteiger partial charge in [0.05, 0.1) is 20.3 Å². The Morgan fingerprint density at radius 1 is 0.900 bits per heavy atom. The van der Waals surface area contributed by atoms with Crippen molar-refractivity contribution in [2.75, 3.05) is 25.6 Å². The zero-order chi connectivity index (χ0) is 22.1. The van der Waals surface area contributed by atoms with Gasteiger partial charge >= 0.3 is 11.9 Å². The van der Waals surface area contributed by atoms with E-state index in [1.54, 1.807) is 38.1 Å². The highest BCUT2D eigenvalue weighted by Crippen LogP contribution is 2.22. The van der Waals surface area contributed by atoms with E-state index in [-0.39, 0.29) is 18.8 Å². The van der Waals surface area contributed by atoms with Crippen molar-refractivity contribution in [3.8, 4) is 5.75 Å². The molecule has 0 aliphatic rings. The quantitative estimate of drug-likeness (QED) is 0.360. The first kappa shape index (κ1) is 22.9. The van der Waals surface area contributed by atoms with Gasteiger partial charge in [-0.05, 0) is 62.4 Å². The van der Waals surface area contributed by atoms with Crippen LogP contribution in [0, 0.1) is 11.7 Å². The third-order valence-electron chi connectivity index (χ3n) is 4.24. The lowest BCUT2D eigenvalue weighted by atomic mass is 9.90. The molecule has 0 saturated carbocycles. The number of rotatable bonds is 10. The van der Waals surface area contributed by atoms with Gasteiger partial charge in [0.15, 0.2) is 11.7 Å². The lowest BCUT2D eigenvalue weighted by molar-refractivity contribution is -0.153. The lowest BCUT2D eigenvalue weighted by Gasteiger charge is -2.25. The Morgan fingerprint density at radius 2 is 1.47 bits per heavy atom. The van der Waals surface area contributed by atoms with Crippen LogP contribution in [0.25, 0.3) is 0 Å². The standard InChI is InChI=1S/C22H24FNO6/c1-4-29-21(26)18(20(25)14-6-8-15(23)9-7-14)19(22(27)30-5-2)24-16-10-12-17(28-3)13-11-16/h6-13,18-19,24H,4-5H2,1-3H3. The number of Topliss-reactive ketones (excluding diaryl/α,β-unsaturated/α-hetero) is 1. The minimum absolute atomic E-state index is 0.0180. The molecule has 0 amide bonds. The fraction of sp³-hybridized carbons (Fsp3) is 0.318. The molecule has 0 aliphatic carbocycles. The van der Waals surface area contributed by atoms with Gasteiger partial charge in [-0.2, -0.15) is 0 Å². The summed E-state index contributed by atoms with van der Waals surface area (Å²) in [6.07, 6.45) is 0. The molecular formula is C22H24FNO6. The van der Waals surface area contributed by atoms with Gasteiger partial charge in [-0.3, -0.25) is 9.59 Å². The largest absolute Gasteiger partial charge is 0.497 e. The molecule has 0 fully saturated rings. The van der Waals surface area contributed by atoms with E-state index in [0.29, 0.717) is 11.4 Å². The van der Waals surface area contributed by atoms with Gasteiger partial charge in [0.25, 0.3) is 0 Å². The van der Waals surface area contributed by atoms with Crippen LogP contribution in [0.3, 0.4) is 0 Å². The Labute approximate surface area is 174 Å². The van der Waals surface area contributed by atoms with Gasteiger partial charge in [0.1, 0.15) is 17.6 Å². The van der Waals surface area contributed by atoms with Gasteiger partial charge in [-0.15, -0.1) is 0 Å². The first-order chi connectivity index (χ1) is 14.4. The maximum atomic E-state index is 13.3. The summed E-state index contributed by atoms with van der Waals surface area (Å²) in [7, 11) is 1.52. The van der Waals surface area contributed by atoms with Crippen LogP contribution in [0.4, 0.5) is 10.1 Å². The molecule has 8 heteroatoms. The average Bonchev–Trinajstić information content (AvgIpc) is 2.74. The molecule has 0 aliphatic heterocycles. The van der Waals surface area contributed by atoms with Crippen molar-refractivity contribution in [2.45, 2.75) is 19.9 Å². The van der Waals surface area contributed by atoms with Gasteiger partial charge < -0.3 is 19.5 Å². The third-order valence-corrected chi connectivity index (χ3v) is 4.24. The van der Waals surface area contributed by atoms with Gasteiger partial charge in [0.2, 0.25) is 0 Å². The van der Waals surface area contributed by atoms with E-state index in [2.05, 4.69) is 5.32 Å². The summed E-state index contributed by atoms with van der Waals surface area (Å²) in [4.78, 5) is 38.5. The second-order valence-electron chi connectivity index (χ2n) is 6.20. The molecule has 2 aromatic carbocycles. The minimum Gasteiger partial charge on any atom is -0.497 e. The summed E-state index contributed by atoms with van der Waals surface area (Å²) < 4.78 is 28.5. The van der Waals surface area contributed by atoms with Crippen molar-refractivity contribution < 1.29 is 33.0 Å². The van der Waals surface area contributed by atoms with Gasteiger partial charge in [-0.25, -0.2) is 9.18 Å². The van der Waals surface area contributed by atoms with Crippen molar-refractivity contribution in [3.63, 3.8) is 0 Å². The van der Waals surface area contributed by atoms with E-state index in [0.717, 1.165) is 12.1 Å². The SMILES string of the molecule is CCOC(=O)C(Nc1ccc(OC)cc1)C(C(=O)OCC)C(=O)c1ccc(F)cc1. The number of halogens is 1. The fourth-order valence-corrected chi connectivity index (χ4v) is 2.80. The smallest absolute Gasteiger partial charge is 0.329 e. The number of ether oxygens (including phenoxy) is 3. The molecular weight excluding hydrogens is 393 g/mol. The van der Waals surface area contributed by atoms with Crippen molar-refractivity contribution in [1.82, 2.24) is 0 Å². The van der Waals surface area contributed by atoms with Gasteiger partial charge in [0, 0.05) is 11.3 Å². The van der Waals surface area contributed by atoms with Crippen LogP contribution in [0.2, 0.25) is 0 Å². The number of carbonyl (C=O) groups is 3. The highest BCUT2D eigenvalue weighted by molar-refractivity contribution is 6.12. The summed E-state index contributed by atoms with van der Waals surface area (Å²) in [5, 5.41) is 2.89. The Hall–Kier alpha value is -3.42. The predicted molar refractivity (Wildman–Crippen MR) is 108 cm³/mol. The zero-order valence-corrected chi connectivity index (χ0v) is 17.0. The van der Waals surface area contributed by atoms with E-state index < -0.39 is 35.5 Å². The predicted octanol–water partition coefficient (Wildman–Crippen LogP) is 3.24. The Bertz CT molecular complexity index is 866. The topological polar surface area (TPSA) is 90.9 Å². The Kier molecular flexibility index (Phi) is 8.34. The average molecular weight is 417 g/mol. The normalized spacial score (nSPS) is 12.4. The molecule has 0 bridgehead atoms. The van der Waals surface area contributed by atoms with Crippen LogP contribution in [-0.2, 0) is 19.1 Å². The van der Waals surface area contributed by atoms with Crippen LogP contribution >= 0.6 is 0 Å². The van der Waals surface area contributed by atoms with Crippen molar-refractivity contribution >= 4 is 23.4 Å². The monoisotopic (exact) mass is 417 g/mol. The molecule has 30 heavy (non-hydrogen) atoms. The summed E-state index contributed by atoms with van der Waals surface area (Å²) in [6.45, 7) is 3.28. The molecule has 1 N–H and O–H groups in total. The number of ketones is 1. The van der Waals surface area contributed by atoms with Crippen LogP contribution in [0.5, 0.6) is 5.75 Å². The van der Waals surface area contributed by atoms with E-state index in [1.807, 2.05) is 0 Å². The molecule has 0 saturated heterocycles. The number of hydrogen-bond acceptors (Lipinski definition) is 7. The molecule has 0 aromatic heterocycles. The highest BCUT2D eigenvalue weighted by atomic mass is 19.1. The zero-order valence-electron chi connectivity index (χ0n) is 17.0. The molecule has 0 radical (unpaired) electrons. The molecule has 0 spiro atoms. The molecule has 2 aromatic rings. The third kappa shape index (κ3) is 5.79. The number of anilines is 1. The first-order valence-corrected chi connectivity index (χ1v) is 9.44. The van der Waals surface area contributed by atoms with E-state index in [4.69, 9.17) is 14.2 Å². The second-order valence-corrected chi connectivity index (χ2v) is 6.20. The van der Waals surface area contributed by atoms with Crippen LogP contribution in [0.15, 0.2) is 48.5 Å². The highest BCUT2D eigenvalue weighted by Gasteiger charge is 2.42. The van der Waals surface area contributed by atoms with Gasteiger partial charge in [-0.1, -0.05) is 0 Å². The van der Waals surface area contributed by atoms with Crippen molar-refractivity contribution in [1.29, 1.82) is 0 Å². The molecule has 160 valence electrons. The summed E-state index contributed by atoms with van der Waals surface area (Å²) in [5.41, 5.74) is 0.537. The summed E-state index contributed by atoms with van der Waals surface area (Å²) >= 11 is 0. The Morgan fingerprint density at radius 3 is 2.00 bits per heavy atom. The number of benzene rings is 2. The molecule has 2 unspecified atom stereocenters. The molecule has 2 rings (SSSR count). The lowest BCUT2D eigenvalue weighted by Crippen LogP contribution is -2.46. The van der Waals surface area contributed by atoms with E-state index in [1.165, 1.54) is 19.2 Å². The number of nitrogens with one attached hydrogen (secondary N) is 1. The fourth-order valence-electron chi connectivity index (χ4n) is 2.80. The minimum atomic E-state index is -1.53. The number of hydrogen-bond donors (Lipinski definition) is 1.